The molecule has 1 aromatic carbocycles. The molecule has 2 rings (SSSR count). The average molecular weight is 402 g/mol. The van der Waals surface area contributed by atoms with Crippen LogP contribution >= 0.6 is 11.6 Å². The number of benzene rings is 1. The summed E-state index contributed by atoms with van der Waals surface area (Å²) < 4.78 is 0. The number of hydrogen-bond acceptors (Lipinski definition) is 5. The highest BCUT2D eigenvalue weighted by Gasteiger charge is 2.46. The summed E-state index contributed by atoms with van der Waals surface area (Å²) in [5.74, 6) is -3.10. The molecular weight excluding hydrogens is 374 g/mol. The van der Waals surface area contributed by atoms with Crippen molar-refractivity contribution in [2.75, 3.05) is 0 Å². The van der Waals surface area contributed by atoms with E-state index in [0.29, 0.717) is 11.5 Å². The van der Waals surface area contributed by atoms with Crippen molar-refractivity contribution in [3.05, 3.63) is 34.9 Å². The van der Waals surface area contributed by atoms with E-state index in [1.165, 1.54) is 31.2 Å². The highest BCUT2D eigenvalue weighted by atomic mass is 35.5. The van der Waals surface area contributed by atoms with Crippen molar-refractivity contribution in [1.82, 2.24) is 0 Å². The van der Waals surface area contributed by atoms with Crippen LogP contribution in [0.2, 0.25) is 5.02 Å². The lowest BCUT2D eigenvalue weighted by Crippen LogP contribution is -2.72. The number of carbonyl (C=O) groups is 2. The van der Waals surface area contributed by atoms with Gasteiger partial charge in [0.15, 0.2) is 6.10 Å². The third-order valence-corrected chi connectivity index (χ3v) is 5.25. The van der Waals surface area contributed by atoms with Crippen LogP contribution in [-0.2, 0) is 15.0 Å². The normalized spacial score (nSPS) is 18.5. The third-order valence-electron chi connectivity index (χ3n) is 5.00. The van der Waals surface area contributed by atoms with Crippen LogP contribution < -0.4 is 10.8 Å². The largest absolute Gasteiger partial charge is 0.547 e. The molecule has 1 aliphatic rings. The summed E-state index contributed by atoms with van der Waals surface area (Å²) >= 11 is 5.97. The molecule has 0 spiro atoms. The van der Waals surface area contributed by atoms with Crippen LogP contribution in [0.5, 0.6) is 0 Å². The number of aliphatic carboxylic acids is 2. The second-order valence-electron chi connectivity index (χ2n) is 7.39. The maximum Gasteiger partial charge on any atom is 0.335 e. The first-order valence-corrected chi connectivity index (χ1v) is 9.28. The van der Waals surface area contributed by atoms with Gasteiger partial charge >= 0.3 is 5.97 Å². The Morgan fingerprint density at radius 1 is 1.19 bits per heavy atom. The number of quaternary nitrogens is 1. The van der Waals surface area contributed by atoms with Crippen molar-refractivity contribution in [2.45, 2.75) is 63.2 Å². The lowest BCUT2D eigenvalue weighted by atomic mass is 9.59. The molecule has 1 saturated carbocycles. The monoisotopic (exact) mass is 401 g/mol. The van der Waals surface area contributed by atoms with Gasteiger partial charge in [0.2, 0.25) is 0 Å². The molecule has 0 radical (unpaired) electrons. The zero-order chi connectivity index (χ0) is 20.8. The number of hydrogen-bond donors (Lipinski definition) is 4. The van der Waals surface area contributed by atoms with E-state index in [-0.39, 0.29) is 0 Å². The second-order valence-corrected chi connectivity index (χ2v) is 7.83. The summed E-state index contributed by atoms with van der Waals surface area (Å²) in [5, 5.41) is 35.0. The van der Waals surface area contributed by atoms with Gasteiger partial charge in [-0.25, -0.2) is 4.79 Å². The van der Waals surface area contributed by atoms with Gasteiger partial charge in [-0.1, -0.05) is 44.0 Å². The molecule has 0 bridgehead atoms. The number of carboxylic acid groups (broad SMARTS) is 2. The Labute approximate surface area is 163 Å². The van der Waals surface area contributed by atoms with Crippen molar-refractivity contribution < 1.29 is 35.7 Å². The Hall–Kier alpha value is -1.67. The number of aliphatic hydroxyl groups excluding tert-OH is 2. The number of halogens is 1. The van der Waals surface area contributed by atoms with Crippen LogP contribution in [0.3, 0.4) is 0 Å². The zero-order valence-electron chi connectivity index (χ0n) is 15.6. The summed E-state index contributed by atoms with van der Waals surface area (Å²) in [5.41, 5.74) is 6.21. The molecule has 0 aliphatic heterocycles. The van der Waals surface area contributed by atoms with Crippen LogP contribution in [0, 0.1) is 5.92 Å². The summed E-state index contributed by atoms with van der Waals surface area (Å²) in [6, 6.07) is 8.94. The molecule has 1 aromatic rings. The van der Waals surface area contributed by atoms with Crippen LogP contribution in [0.15, 0.2) is 24.3 Å². The summed E-state index contributed by atoms with van der Waals surface area (Å²) in [6.07, 6.45) is 0.419. The second kappa shape index (κ2) is 10.0. The lowest BCUT2D eigenvalue weighted by molar-refractivity contribution is -0.446. The van der Waals surface area contributed by atoms with Gasteiger partial charge in [-0.15, -0.1) is 0 Å². The molecular formula is C19H28ClNO6. The van der Waals surface area contributed by atoms with E-state index >= 15 is 0 Å². The Morgan fingerprint density at radius 3 is 2.00 bits per heavy atom. The van der Waals surface area contributed by atoms with E-state index in [1.807, 2.05) is 12.1 Å². The van der Waals surface area contributed by atoms with Gasteiger partial charge in [-0.3, -0.25) is 0 Å². The molecule has 0 amide bonds. The van der Waals surface area contributed by atoms with E-state index in [1.54, 1.807) is 0 Å². The van der Waals surface area contributed by atoms with E-state index in [9.17, 15) is 14.7 Å². The molecule has 7 nitrogen and oxygen atoms in total. The van der Waals surface area contributed by atoms with Gasteiger partial charge < -0.3 is 31.0 Å². The van der Waals surface area contributed by atoms with Crippen molar-refractivity contribution in [1.29, 1.82) is 0 Å². The molecule has 27 heavy (non-hydrogen) atoms. The predicted octanol–water partition coefficient (Wildman–Crippen LogP) is -0.0390. The van der Waals surface area contributed by atoms with Gasteiger partial charge in [-0.05, 0) is 36.5 Å². The van der Waals surface area contributed by atoms with Crippen molar-refractivity contribution in [3.8, 4) is 0 Å². The third kappa shape index (κ3) is 6.17. The smallest absolute Gasteiger partial charge is 0.335 e. The summed E-state index contributed by atoms with van der Waals surface area (Å²) in [4.78, 5) is 19.4. The summed E-state index contributed by atoms with van der Waals surface area (Å²) in [7, 11) is 0. The first kappa shape index (κ1) is 23.4. The maximum atomic E-state index is 9.74. The van der Waals surface area contributed by atoms with Crippen LogP contribution in [-0.4, -0.2) is 45.5 Å². The maximum absolute atomic E-state index is 9.74. The number of carbonyl (C=O) groups excluding carboxylic acids is 1. The van der Waals surface area contributed by atoms with E-state index < -0.39 is 24.1 Å². The molecule has 3 atom stereocenters. The minimum atomic E-state index is -2.38. The van der Waals surface area contributed by atoms with E-state index in [4.69, 9.17) is 26.9 Å². The predicted molar refractivity (Wildman–Crippen MR) is 97.8 cm³/mol. The highest BCUT2D eigenvalue weighted by Crippen LogP contribution is 2.46. The zero-order valence-corrected chi connectivity index (χ0v) is 16.4. The van der Waals surface area contributed by atoms with Crippen LogP contribution in [0.1, 0.15) is 45.1 Å². The molecule has 0 saturated heterocycles. The minimum Gasteiger partial charge on any atom is -0.547 e. The fourth-order valence-corrected chi connectivity index (χ4v) is 3.46. The van der Waals surface area contributed by atoms with E-state index in [0.717, 1.165) is 10.9 Å². The van der Waals surface area contributed by atoms with Gasteiger partial charge in [0.05, 0.1) is 12.0 Å². The van der Waals surface area contributed by atoms with Gasteiger partial charge in [-0.2, -0.15) is 0 Å². The molecule has 0 heterocycles. The molecule has 0 aromatic heterocycles. The fraction of sp³-hybridized carbons (Fsp3) is 0.579. The Kier molecular flexibility index (Phi) is 8.68. The number of aliphatic hydroxyl groups is 2. The topological polar surface area (TPSA) is 146 Å². The molecule has 8 heteroatoms. The molecule has 6 N–H and O–H groups in total. The molecule has 1 unspecified atom stereocenters. The minimum absolute atomic E-state index is 0.328. The highest BCUT2D eigenvalue weighted by molar-refractivity contribution is 6.30. The van der Waals surface area contributed by atoms with Crippen molar-refractivity contribution >= 4 is 23.5 Å². The summed E-state index contributed by atoms with van der Waals surface area (Å²) in [6.45, 7) is 4.57. The fourth-order valence-electron chi connectivity index (χ4n) is 3.33. The van der Waals surface area contributed by atoms with Gasteiger partial charge in [0.25, 0.3) is 0 Å². The van der Waals surface area contributed by atoms with Crippen molar-refractivity contribution in [3.63, 3.8) is 0 Å². The molecule has 152 valence electrons. The first-order valence-electron chi connectivity index (χ1n) is 8.90. The average Bonchev–Trinajstić information content (AvgIpc) is 2.53. The Morgan fingerprint density at radius 2 is 1.70 bits per heavy atom. The first-order chi connectivity index (χ1) is 12.5. The molecule has 1 fully saturated rings. The van der Waals surface area contributed by atoms with Gasteiger partial charge in [0.1, 0.15) is 6.10 Å². The quantitative estimate of drug-likeness (QED) is 0.504. The lowest BCUT2D eigenvalue weighted by Gasteiger charge is -2.45. The van der Waals surface area contributed by atoms with Crippen molar-refractivity contribution in [2.24, 2.45) is 5.92 Å². The standard InChI is InChI=1S/C15H22ClN.C4H6O6/c1-11(2)10-14(17)15(8-3-9-15)12-4-6-13(16)7-5-12;5-1(3(7)8)2(6)4(9)10/h4-7,11,14H,3,8-10,17H2,1-2H3;1-2,5-6H,(H,7,8)(H,9,10)/t;1-,2-/m.0/s1. The SMILES string of the molecule is CC(C)CC([NH3+])C1(c2ccc(Cl)cc2)CCC1.O=C([O-])[C@@H](O)[C@H](O)C(=O)O. The van der Waals surface area contributed by atoms with Crippen LogP contribution in [0.4, 0.5) is 0 Å². The Bertz CT molecular complexity index is 612. The van der Waals surface area contributed by atoms with Gasteiger partial charge in [0, 0.05) is 16.9 Å². The molecule has 1 aliphatic carbocycles. The van der Waals surface area contributed by atoms with E-state index in [2.05, 4.69) is 31.7 Å². The number of rotatable bonds is 7. The van der Waals surface area contributed by atoms with Crippen LogP contribution in [0.25, 0.3) is 0 Å². The number of carboxylic acids is 2. The Balaban J connectivity index is 0.000000314.